The first-order valence-electron chi connectivity index (χ1n) is 5.03. The minimum atomic E-state index is 0. The van der Waals surface area contributed by atoms with E-state index >= 15 is 0 Å². The SMILES string of the molecule is C.CC1[C@H]2C[C@@H](C[C@@H]1C)C2(C)C. The molecule has 0 aromatic carbocycles. The fraction of sp³-hybridized carbons (Fsp3) is 1.00. The standard InChI is InChI=1S/C11H20.CH4/c1-7-5-9-6-10(8(7)2)11(9,3)4;/h7-10H,5-6H2,1-4H3;1H4/t7-,8?,9+,10+;/m0./s1. The van der Waals surface area contributed by atoms with Gasteiger partial charge in [-0.3, -0.25) is 0 Å². The fourth-order valence-corrected chi connectivity index (χ4v) is 3.41. The Balaban J connectivity index is 0.000000720. The number of hydrogen-bond donors (Lipinski definition) is 0. The molecule has 0 heteroatoms. The van der Waals surface area contributed by atoms with Crippen molar-refractivity contribution in [3.05, 3.63) is 0 Å². The maximum absolute atomic E-state index is 2.47. The Hall–Kier alpha value is 0. The molecule has 3 fully saturated rings. The van der Waals surface area contributed by atoms with Crippen LogP contribution in [0.4, 0.5) is 0 Å². The third kappa shape index (κ3) is 1.03. The second-order valence-electron chi connectivity index (χ2n) is 5.43. The summed E-state index contributed by atoms with van der Waals surface area (Å²) in [5, 5.41) is 0. The highest BCUT2D eigenvalue weighted by Gasteiger charge is 2.54. The number of fused-ring (bicyclic) bond motifs is 2. The van der Waals surface area contributed by atoms with Gasteiger partial charge in [-0.15, -0.1) is 0 Å². The van der Waals surface area contributed by atoms with Gasteiger partial charge in [0, 0.05) is 0 Å². The van der Waals surface area contributed by atoms with Gasteiger partial charge in [-0.25, -0.2) is 0 Å². The second kappa shape index (κ2) is 2.75. The molecular formula is C12H24. The first kappa shape index (κ1) is 10.1. The summed E-state index contributed by atoms with van der Waals surface area (Å²) in [4.78, 5) is 0. The Kier molecular flexibility index (Phi) is 2.31. The van der Waals surface area contributed by atoms with Crippen LogP contribution in [-0.4, -0.2) is 0 Å². The van der Waals surface area contributed by atoms with Gasteiger partial charge >= 0.3 is 0 Å². The van der Waals surface area contributed by atoms with Crippen molar-refractivity contribution in [2.75, 3.05) is 0 Å². The van der Waals surface area contributed by atoms with Crippen LogP contribution >= 0.6 is 0 Å². The van der Waals surface area contributed by atoms with Gasteiger partial charge in [0.25, 0.3) is 0 Å². The normalized spacial score (nSPS) is 49.0. The van der Waals surface area contributed by atoms with Crippen LogP contribution in [0.15, 0.2) is 0 Å². The first-order valence-corrected chi connectivity index (χ1v) is 5.03. The Labute approximate surface area is 77.7 Å². The number of rotatable bonds is 0. The molecule has 72 valence electrons. The van der Waals surface area contributed by atoms with Gasteiger partial charge in [-0.2, -0.15) is 0 Å². The van der Waals surface area contributed by atoms with Crippen molar-refractivity contribution in [3.63, 3.8) is 0 Å². The molecule has 0 radical (unpaired) electrons. The van der Waals surface area contributed by atoms with E-state index in [2.05, 4.69) is 27.7 Å². The van der Waals surface area contributed by atoms with Crippen molar-refractivity contribution in [2.24, 2.45) is 29.1 Å². The Bertz CT molecular complexity index is 169. The molecule has 3 aliphatic rings. The van der Waals surface area contributed by atoms with Crippen molar-refractivity contribution in [1.29, 1.82) is 0 Å². The maximum Gasteiger partial charge on any atom is -0.0295 e. The molecule has 3 aliphatic carbocycles. The lowest BCUT2D eigenvalue weighted by Crippen LogP contribution is -2.54. The van der Waals surface area contributed by atoms with Crippen LogP contribution in [0.2, 0.25) is 0 Å². The minimum Gasteiger partial charge on any atom is -0.0776 e. The first-order chi connectivity index (χ1) is 5.03. The van der Waals surface area contributed by atoms with Crippen LogP contribution in [0.25, 0.3) is 0 Å². The molecule has 4 atom stereocenters. The summed E-state index contributed by atoms with van der Waals surface area (Å²) >= 11 is 0. The van der Waals surface area contributed by atoms with Crippen molar-refractivity contribution in [2.45, 2.75) is 48.0 Å². The van der Waals surface area contributed by atoms with Crippen LogP contribution in [0, 0.1) is 29.1 Å². The molecule has 0 amide bonds. The fourth-order valence-electron chi connectivity index (χ4n) is 3.41. The average molecular weight is 168 g/mol. The highest BCUT2D eigenvalue weighted by Crippen LogP contribution is 2.62. The zero-order valence-electron chi connectivity index (χ0n) is 8.22. The molecule has 0 nitrogen and oxygen atoms in total. The van der Waals surface area contributed by atoms with E-state index in [1.54, 1.807) is 0 Å². The molecule has 0 saturated heterocycles. The van der Waals surface area contributed by atoms with Crippen LogP contribution in [-0.2, 0) is 0 Å². The van der Waals surface area contributed by atoms with Crippen LogP contribution < -0.4 is 0 Å². The predicted octanol–water partition coefficient (Wildman–Crippen LogP) is 3.96. The summed E-state index contributed by atoms with van der Waals surface area (Å²) < 4.78 is 0. The van der Waals surface area contributed by atoms with Gasteiger partial charge < -0.3 is 0 Å². The highest BCUT2D eigenvalue weighted by molar-refractivity contribution is 5.03. The predicted molar refractivity (Wildman–Crippen MR) is 55.1 cm³/mol. The molecule has 1 unspecified atom stereocenters. The van der Waals surface area contributed by atoms with Gasteiger partial charge in [-0.1, -0.05) is 35.1 Å². The molecule has 12 heavy (non-hydrogen) atoms. The smallest absolute Gasteiger partial charge is 0.0295 e. The van der Waals surface area contributed by atoms with Crippen molar-refractivity contribution >= 4 is 0 Å². The van der Waals surface area contributed by atoms with Crippen molar-refractivity contribution in [3.8, 4) is 0 Å². The lowest BCUT2D eigenvalue weighted by Gasteiger charge is -2.61. The van der Waals surface area contributed by atoms with Gasteiger partial charge in [0.1, 0.15) is 0 Å². The molecule has 0 heterocycles. The van der Waals surface area contributed by atoms with E-state index < -0.39 is 0 Å². The molecule has 0 aromatic heterocycles. The summed E-state index contributed by atoms with van der Waals surface area (Å²) in [5.74, 6) is 4.07. The molecule has 3 saturated carbocycles. The van der Waals surface area contributed by atoms with Crippen LogP contribution in [0.3, 0.4) is 0 Å². The summed E-state index contributed by atoms with van der Waals surface area (Å²) in [6.07, 6.45) is 3.02. The van der Waals surface area contributed by atoms with E-state index in [-0.39, 0.29) is 7.43 Å². The monoisotopic (exact) mass is 168 g/mol. The van der Waals surface area contributed by atoms with E-state index in [1.165, 1.54) is 12.8 Å². The quantitative estimate of drug-likeness (QED) is 0.513. The highest BCUT2D eigenvalue weighted by atomic mass is 14.6. The van der Waals surface area contributed by atoms with E-state index in [4.69, 9.17) is 0 Å². The molecule has 0 spiro atoms. The second-order valence-corrected chi connectivity index (χ2v) is 5.43. The number of hydrogen-bond acceptors (Lipinski definition) is 0. The molecule has 0 N–H and O–H groups in total. The Morgan fingerprint density at radius 2 is 1.67 bits per heavy atom. The zero-order valence-corrected chi connectivity index (χ0v) is 8.22. The van der Waals surface area contributed by atoms with E-state index in [0.29, 0.717) is 5.41 Å². The van der Waals surface area contributed by atoms with Gasteiger partial charge in [0.2, 0.25) is 0 Å². The van der Waals surface area contributed by atoms with E-state index in [0.717, 1.165) is 23.7 Å². The largest absolute Gasteiger partial charge is 0.0776 e. The van der Waals surface area contributed by atoms with Gasteiger partial charge in [0.05, 0.1) is 0 Å². The summed E-state index contributed by atoms with van der Waals surface area (Å²) in [6.45, 7) is 9.81. The molecule has 2 bridgehead atoms. The van der Waals surface area contributed by atoms with Crippen LogP contribution in [0.5, 0.6) is 0 Å². The van der Waals surface area contributed by atoms with Crippen molar-refractivity contribution in [1.82, 2.24) is 0 Å². The summed E-state index contributed by atoms with van der Waals surface area (Å²) in [5.41, 5.74) is 0.686. The Morgan fingerprint density at radius 3 is 2.00 bits per heavy atom. The zero-order chi connectivity index (χ0) is 8.22. The van der Waals surface area contributed by atoms with E-state index in [1.807, 2.05) is 0 Å². The van der Waals surface area contributed by atoms with Crippen molar-refractivity contribution < 1.29 is 0 Å². The summed E-state index contributed by atoms with van der Waals surface area (Å²) in [6, 6.07) is 0. The topological polar surface area (TPSA) is 0 Å². The van der Waals surface area contributed by atoms with Crippen LogP contribution in [0.1, 0.15) is 48.0 Å². The lowest BCUT2D eigenvalue weighted by atomic mass is 9.44. The molecular weight excluding hydrogens is 144 g/mol. The third-order valence-electron chi connectivity index (χ3n) is 4.73. The van der Waals surface area contributed by atoms with Gasteiger partial charge in [-0.05, 0) is 41.9 Å². The Morgan fingerprint density at radius 1 is 1.08 bits per heavy atom. The van der Waals surface area contributed by atoms with E-state index in [9.17, 15) is 0 Å². The summed E-state index contributed by atoms with van der Waals surface area (Å²) in [7, 11) is 0. The minimum absolute atomic E-state index is 0. The average Bonchev–Trinajstić information content (AvgIpc) is 1.93. The lowest BCUT2D eigenvalue weighted by molar-refractivity contribution is -0.124. The molecule has 3 rings (SSSR count). The maximum atomic E-state index is 2.47. The molecule has 0 aliphatic heterocycles. The third-order valence-corrected chi connectivity index (χ3v) is 4.73. The molecule has 0 aromatic rings. The van der Waals surface area contributed by atoms with Gasteiger partial charge in [0.15, 0.2) is 0 Å².